The average molecular weight is 492 g/mol. The first kappa shape index (κ1) is 21.9. The Kier molecular flexibility index (Phi) is 7.18. The lowest BCUT2D eigenvalue weighted by Crippen LogP contribution is -2.33. The summed E-state index contributed by atoms with van der Waals surface area (Å²) in [7, 11) is 3.30. The standard InChI is InChI=1S/C22H20BrClN2O4/c1-25(13-14-29-16-9-7-15(24)8-10-16)21(27)17-5-3-4-6-18(17)26(2)22(28)19-11-12-20(23)30-19/h3-12H,13-14H2,1-2H3. The highest BCUT2D eigenvalue weighted by atomic mass is 79.9. The minimum absolute atomic E-state index is 0.177. The molecule has 0 atom stereocenters. The fraction of sp³-hybridized carbons (Fsp3) is 0.182. The minimum Gasteiger partial charge on any atom is -0.492 e. The number of ether oxygens (including phenoxy) is 1. The zero-order valence-corrected chi connectivity index (χ0v) is 18.8. The number of carbonyl (C=O) groups excluding carboxylic acids is 2. The highest BCUT2D eigenvalue weighted by Gasteiger charge is 2.23. The fourth-order valence-electron chi connectivity index (χ4n) is 2.79. The van der Waals surface area contributed by atoms with E-state index in [1.807, 2.05) is 0 Å². The van der Waals surface area contributed by atoms with E-state index in [0.717, 1.165) is 0 Å². The molecule has 156 valence electrons. The van der Waals surface area contributed by atoms with Crippen LogP contribution in [-0.4, -0.2) is 44.0 Å². The lowest BCUT2D eigenvalue weighted by molar-refractivity contribution is 0.0774. The number of carbonyl (C=O) groups is 2. The van der Waals surface area contributed by atoms with Gasteiger partial charge in [0.2, 0.25) is 0 Å². The third-order valence-corrected chi connectivity index (χ3v) is 5.12. The Bertz CT molecular complexity index is 1040. The number of para-hydroxylation sites is 1. The molecule has 0 bridgehead atoms. The van der Waals surface area contributed by atoms with Crippen LogP contribution >= 0.6 is 27.5 Å². The quantitative estimate of drug-likeness (QED) is 0.460. The van der Waals surface area contributed by atoms with Gasteiger partial charge in [-0.1, -0.05) is 23.7 Å². The van der Waals surface area contributed by atoms with Crippen LogP contribution in [0.15, 0.2) is 69.8 Å². The van der Waals surface area contributed by atoms with Crippen molar-refractivity contribution in [2.45, 2.75) is 0 Å². The van der Waals surface area contributed by atoms with Crippen molar-refractivity contribution in [3.8, 4) is 5.75 Å². The van der Waals surface area contributed by atoms with Crippen LogP contribution in [0.1, 0.15) is 20.9 Å². The highest BCUT2D eigenvalue weighted by molar-refractivity contribution is 9.10. The number of furan rings is 1. The predicted molar refractivity (Wildman–Crippen MR) is 119 cm³/mol. The van der Waals surface area contributed by atoms with Gasteiger partial charge in [-0.3, -0.25) is 9.59 Å². The molecule has 0 aliphatic heterocycles. The third kappa shape index (κ3) is 5.23. The van der Waals surface area contributed by atoms with Gasteiger partial charge in [-0.15, -0.1) is 0 Å². The molecule has 0 spiro atoms. The fourth-order valence-corrected chi connectivity index (χ4v) is 3.22. The van der Waals surface area contributed by atoms with Crippen LogP contribution in [0.5, 0.6) is 5.75 Å². The van der Waals surface area contributed by atoms with Crippen LogP contribution in [0.2, 0.25) is 5.02 Å². The second-order valence-electron chi connectivity index (χ2n) is 6.51. The van der Waals surface area contributed by atoms with Crippen molar-refractivity contribution in [3.63, 3.8) is 0 Å². The summed E-state index contributed by atoms with van der Waals surface area (Å²) < 4.78 is 11.5. The maximum Gasteiger partial charge on any atom is 0.293 e. The number of amides is 2. The summed E-state index contributed by atoms with van der Waals surface area (Å²) in [5.74, 6) is 0.284. The molecule has 3 aromatic rings. The number of nitrogens with zero attached hydrogens (tertiary/aromatic N) is 2. The smallest absolute Gasteiger partial charge is 0.293 e. The van der Waals surface area contributed by atoms with Crippen LogP contribution in [0.25, 0.3) is 0 Å². The summed E-state index contributed by atoms with van der Waals surface area (Å²) in [6.45, 7) is 0.694. The predicted octanol–water partition coefficient (Wildman–Crippen LogP) is 5.12. The molecule has 0 aliphatic rings. The van der Waals surface area contributed by atoms with Gasteiger partial charge in [-0.05, 0) is 64.5 Å². The third-order valence-electron chi connectivity index (χ3n) is 4.44. The molecule has 1 heterocycles. The van der Waals surface area contributed by atoms with Crippen LogP contribution < -0.4 is 9.64 Å². The summed E-state index contributed by atoms with van der Waals surface area (Å²) in [5, 5.41) is 0.631. The van der Waals surface area contributed by atoms with Gasteiger partial charge in [0, 0.05) is 19.1 Å². The Morgan fingerprint density at radius 2 is 1.70 bits per heavy atom. The van der Waals surface area contributed by atoms with E-state index >= 15 is 0 Å². The van der Waals surface area contributed by atoms with E-state index in [9.17, 15) is 9.59 Å². The maximum atomic E-state index is 13.0. The van der Waals surface area contributed by atoms with E-state index in [2.05, 4.69) is 15.9 Å². The molecule has 0 saturated carbocycles. The molecule has 0 fully saturated rings. The van der Waals surface area contributed by atoms with Gasteiger partial charge in [0.05, 0.1) is 17.8 Å². The van der Waals surface area contributed by atoms with Crippen LogP contribution in [0.4, 0.5) is 5.69 Å². The van der Waals surface area contributed by atoms with Crippen LogP contribution in [-0.2, 0) is 0 Å². The Hall–Kier alpha value is -2.77. The van der Waals surface area contributed by atoms with Crippen molar-refractivity contribution in [2.75, 3.05) is 32.1 Å². The molecule has 0 unspecified atom stereocenters. The summed E-state index contributed by atoms with van der Waals surface area (Å²) >= 11 is 9.05. The molecule has 0 N–H and O–H groups in total. The molecule has 8 heteroatoms. The van der Waals surface area contributed by atoms with Crippen molar-refractivity contribution in [3.05, 3.63) is 81.7 Å². The van der Waals surface area contributed by atoms with Gasteiger partial charge in [-0.2, -0.15) is 0 Å². The molecule has 3 rings (SSSR count). The molecule has 2 aromatic carbocycles. The largest absolute Gasteiger partial charge is 0.492 e. The molecule has 0 radical (unpaired) electrons. The first-order valence-corrected chi connectivity index (χ1v) is 10.3. The zero-order chi connectivity index (χ0) is 21.7. The van der Waals surface area contributed by atoms with E-state index < -0.39 is 0 Å². The monoisotopic (exact) mass is 490 g/mol. The first-order valence-electron chi connectivity index (χ1n) is 9.13. The number of likely N-dealkylation sites (N-methyl/N-ethyl adjacent to an activating group) is 1. The molecule has 0 saturated heterocycles. The van der Waals surface area contributed by atoms with Crippen molar-refractivity contribution in [1.82, 2.24) is 4.90 Å². The van der Waals surface area contributed by atoms with Crippen LogP contribution in [0.3, 0.4) is 0 Å². The van der Waals surface area contributed by atoms with Gasteiger partial charge < -0.3 is 19.0 Å². The molecule has 2 amide bonds. The number of rotatable bonds is 7. The van der Waals surface area contributed by atoms with Gasteiger partial charge in [0.15, 0.2) is 10.4 Å². The summed E-state index contributed by atoms with van der Waals surface area (Å²) in [4.78, 5) is 28.7. The summed E-state index contributed by atoms with van der Waals surface area (Å²) in [5.41, 5.74) is 0.901. The van der Waals surface area contributed by atoms with Crippen molar-refractivity contribution < 1.29 is 18.7 Å². The van der Waals surface area contributed by atoms with E-state index in [4.69, 9.17) is 20.8 Å². The average Bonchev–Trinajstić information content (AvgIpc) is 3.19. The summed E-state index contributed by atoms with van der Waals surface area (Å²) in [6.07, 6.45) is 0. The lowest BCUT2D eigenvalue weighted by atomic mass is 10.1. The number of benzene rings is 2. The first-order chi connectivity index (χ1) is 14.4. The Balaban J connectivity index is 1.68. The topological polar surface area (TPSA) is 63.0 Å². The van der Waals surface area contributed by atoms with Gasteiger partial charge in [-0.25, -0.2) is 0 Å². The lowest BCUT2D eigenvalue weighted by Gasteiger charge is -2.23. The SMILES string of the molecule is CN(CCOc1ccc(Cl)cc1)C(=O)c1ccccc1N(C)C(=O)c1ccc(Br)o1. The van der Waals surface area contributed by atoms with Crippen molar-refractivity contribution in [1.29, 1.82) is 0 Å². The maximum absolute atomic E-state index is 13.0. The minimum atomic E-state index is -0.352. The molecule has 0 aliphatic carbocycles. The van der Waals surface area contributed by atoms with Gasteiger partial charge in [0.1, 0.15) is 12.4 Å². The van der Waals surface area contributed by atoms with Crippen molar-refractivity contribution >= 4 is 45.0 Å². The second kappa shape index (κ2) is 9.82. The molecule has 30 heavy (non-hydrogen) atoms. The normalized spacial score (nSPS) is 10.5. The van der Waals surface area contributed by atoms with E-state index in [-0.39, 0.29) is 17.6 Å². The number of anilines is 1. The number of hydrogen-bond donors (Lipinski definition) is 0. The Morgan fingerprint density at radius 1 is 1.00 bits per heavy atom. The van der Waals surface area contributed by atoms with E-state index in [0.29, 0.717) is 39.8 Å². The van der Waals surface area contributed by atoms with E-state index in [1.54, 1.807) is 79.7 Å². The second-order valence-corrected chi connectivity index (χ2v) is 7.73. The molecular weight excluding hydrogens is 472 g/mol. The highest BCUT2D eigenvalue weighted by Crippen LogP contribution is 2.24. The Morgan fingerprint density at radius 3 is 2.37 bits per heavy atom. The number of hydrogen-bond acceptors (Lipinski definition) is 4. The number of halogens is 2. The molecular formula is C22H20BrClN2O4. The van der Waals surface area contributed by atoms with Crippen molar-refractivity contribution in [2.24, 2.45) is 0 Å². The zero-order valence-electron chi connectivity index (χ0n) is 16.5. The van der Waals surface area contributed by atoms with Crippen LogP contribution in [0, 0.1) is 0 Å². The Labute approximate surface area is 188 Å². The van der Waals surface area contributed by atoms with E-state index in [1.165, 1.54) is 4.90 Å². The summed E-state index contributed by atoms with van der Waals surface area (Å²) in [6, 6.07) is 17.2. The molecule has 1 aromatic heterocycles. The molecule has 6 nitrogen and oxygen atoms in total. The van der Waals surface area contributed by atoms with Gasteiger partial charge in [0.25, 0.3) is 11.8 Å². The van der Waals surface area contributed by atoms with Gasteiger partial charge >= 0.3 is 0 Å².